The van der Waals surface area contributed by atoms with Gasteiger partial charge in [-0.3, -0.25) is 4.79 Å². The molecule has 0 fully saturated rings. The zero-order chi connectivity index (χ0) is 14.7. The van der Waals surface area contributed by atoms with Crippen molar-refractivity contribution in [3.05, 3.63) is 71.5 Å². The highest BCUT2D eigenvalue weighted by molar-refractivity contribution is 6.05. The van der Waals surface area contributed by atoms with Crippen LogP contribution in [0.2, 0.25) is 0 Å². The second-order valence-electron chi connectivity index (χ2n) is 4.64. The fourth-order valence-corrected chi connectivity index (χ4v) is 2.18. The second-order valence-corrected chi connectivity index (χ2v) is 4.64. The minimum atomic E-state index is -0.192. The molecule has 2 aromatic carbocycles. The van der Waals surface area contributed by atoms with Crippen LogP contribution in [0.4, 0.5) is 0 Å². The summed E-state index contributed by atoms with van der Waals surface area (Å²) in [4.78, 5) is 12.2. The third kappa shape index (κ3) is 2.63. The van der Waals surface area contributed by atoms with E-state index in [1.807, 2.05) is 30.3 Å². The van der Waals surface area contributed by atoms with Crippen LogP contribution in [0.5, 0.6) is 0 Å². The van der Waals surface area contributed by atoms with Gasteiger partial charge in [0.1, 0.15) is 11.8 Å². The monoisotopic (exact) mass is 276 g/mol. The number of hydrogen-bond acceptors (Lipinski definition) is 3. The topological polar surface area (TPSA) is 66.0 Å². The third-order valence-electron chi connectivity index (χ3n) is 3.23. The van der Waals surface area contributed by atoms with E-state index in [2.05, 4.69) is 11.4 Å². The number of benzene rings is 2. The Bertz CT molecular complexity index is 843. The van der Waals surface area contributed by atoms with Crippen molar-refractivity contribution < 1.29 is 9.21 Å². The molecule has 0 saturated heterocycles. The molecule has 3 rings (SSSR count). The Morgan fingerprint density at radius 3 is 2.90 bits per heavy atom. The number of para-hydroxylation sites is 1. The molecular formula is C17H12N2O2. The molecule has 0 unspecified atom stereocenters. The summed E-state index contributed by atoms with van der Waals surface area (Å²) >= 11 is 0. The van der Waals surface area contributed by atoms with Gasteiger partial charge in [0, 0.05) is 11.9 Å². The number of carbonyl (C=O) groups excluding carboxylic acids is 1. The summed E-state index contributed by atoms with van der Waals surface area (Å²) in [6.45, 7) is 0.369. The molecule has 0 atom stereocenters. The quantitative estimate of drug-likeness (QED) is 0.798. The van der Waals surface area contributed by atoms with Crippen LogP contribution in [0.1, 0.15) is 21.5 Å². The number of nitrogens with one attached hydrogen (secondary N) is 1. The van der Waals surface area contributed by atoms with Crippen LogP contribution in [-0.4, -0.2) is 5.91 Å². The van der Waals surface area contributed by atoms with E-state index in [-0.39, 0.29) is 5.91 Å². The highest BCUT2D eigenvalue weighted by atomic mass is 16.3. The number of nitrogens with zero attached hydrogens (tertiary/aromatic N) is 1. The predicted octanol–water partition coefficient (Wildman–Crippen LogP) is 3.23. The predicted molar refractivity (Wildman–Crippen MR) is 78.5 cm³/mol. The maximum Gasteiger partial charge on any atom is 0.255 e. The summed E-state index contributed by atoms with van der Waals surface area (Å²) < 4.78 is 5.35. The zero-order valence-corrected chi connectivity index (χ0v) is 11.2. The molecule has 1 aromatic heterocycles. The summed E-state index contributed by atoms with van der Waals surface area (Å²) in [5, 5.41) is 12.5. The van der Waals surface area contributed by atoms with E-state index in [1.165, 1.54) is 6.26 Å². The van der Waals surface area contributed by atoms with Gasteiger partial charge < -0.3 is 9.73 Å². The molecule has 1 amide bonds. The lowest BCUT2D eigenvalue weighted by Crippen LogP contribution is -2.22. The van der Waals surface area contributed by atoms with Crippen molar-refractivity contribution in [3.8, 4) is 6.07 Å². The van der Waals surface area contributed by atoms with Crippen LogP contribution in [0.15, 0.2) is 59.2 Å². The molecule has 3 aromatic rings. The first-order valence-electron chi connectivity index (χ1n) is 6.51. The summed E-state index contributed by atoms with van der Waals surface area (Å²) in [6.07, 6.45) is 1.46. The van der Waals surface area contributed by atoms with Crippen LogP contribution in [0, 0.1) is 11.3 Å². The number of rotatable bonds is 3. The maximum absolute atomic E-state index is 12.2. The molecule has 0 aliphatic carbocycles. The van der Waals surface area contributed by atoms with Crippen molar-refractivity contribution in [1.29, 1.82) is 5.26 Å². The lowest BCUT2D eigenvalue weighted by molar-refractivity contribution is 0.0951. The van der Waals surface area contributed by atoms with E-state index in [9.17, 15) is 4.79 Å². The molecule has 102 valence electrons. The van der Waals surface area contributed by atoms with E-state index in [1.54, 1.807) is 18.2 Å². The zero-order valence-electron chi connectivity index (χ0n) is 11.2. The first kappa shape index (κ1) is 12.9. The molecule has 0 spiro atoms. The van der Waals surface area contributed by atoms with Crippen molar-refractivity contribution >= 4 is 16.9 Å². The molecule has 1 N–H and O–H groups in total. The third-order valence-corrected chi connectivity index (χ3v) is 3.23. The summed E-state index contributed by atoms with van der Waals surface area (Å²) in [6, 6.07) is 16.6. The van der Waals surface area contributed by atoms with Gasteiger partial charge in [0.05, 0.1) is 17.2 Å². The maximum atomic E-state index is 12.2. The van der Waals surface area contributed by atoms with E-state index in [0.29, 0.717) is 23.3 Å². The normalized spacial score (nSPS) is 10.2. The average Bonchev–Trinajstić information content (AvgIpc) is 2.97. The van der Waals surface area contributed by atoms with Crippen LogP contribution in [-0.2, 0) is 6.54 Å². The molecule has 0 aliphatic rings. The molecule has 1 heterocycles. The fraction of sp³-hybridized carbons (Fsp3) is 0.0588. The van der Waals surface area contributed by atoms with Gasteiger partial charge in [-0.1, -0.05) is 30.3 Å². The molecule has 0 aliphatic heterocycles. The Hall–Kier alpha value is -3.06. The minimum Gasteiger partial charge on any atom is -0.463 e. The summed E-state index contributed by atoms with van der Waals surface area (Å²) in [5.74, 6) is -0.192. The summed E-state index contributed by atoms with van der Waals surface area (Å²) in [7, 11) is 0. The molecule has 0 saturated carbocycles. The first-order valence-corrected chi connectivity index (χ1v) is 6.51. The SMILES string of the molecule is N#Cc1cccc(CNC(=O)c2coc3ccccc23)c1. The van der Waals surface area contributed by atoms with Gasteiger partial charge >= 0.3 is 0 Å². The molecule has 0 bridgehead atoms. The van der Waals surface area contributed by atoms with Gasteiger partial charge in [-0.25, -0.2) is 0 Å². The average molecular weight is 276 g/mol. The van der Waals surface area contributed by atoms with Crippen molar-refractivity contribution in [2.45, 2.75) is 6.54 Å². The smallest absolute Gasteiger partial charge is 0.255 e. The molecule has 0 radical (unpaired) electrons. The standard InChI is InChI=1S/C17H12N2O2/c18-9-12-4-3-5-13(8-12)10-19-17(20)15-11-21-16-7-2-1-6-14(15)16/h1-8,11H,10H2,(H,19,20). The van der Waals surface area contributed by atoms with Crippen LogP contribution in [0.25, 0.3) is 11.0 Å². The largest absolute Gasteiger partial charge is 0.463 e. The lowest BCUT2D eigenvalue weighted by Gasteiger charge is -2.04. The van der Waals surface area contributed by atoms with Crippen molar-refractivity contribution in [2.75, 3.05) is 0 Å². The highest BCUT2D eigenvalue weighted by Gasteiger charge is 2.12. The van der Waals surface area contributed by atoms with Crippen molar-refractivity contribution in [2.24, 2.45) is 0 Å². The number of amides is 1. The molecule has 4 heteroatoms. The van der Waals surface area contributed by atoms with Crippen LogP contribution >= 0.6 is 0 Å². The van der Waals surface area contributed by atoms with Crippen LogP contribution in [0.3, 0.4) is 0 Å². The van der Waals surface area contributed by atoms with Gasteiger partial charge in [-0.15, -0.1) is 0 Å². The van der Waals surface area contributed by atoms with Gasteiger partial charge in [-0.05, 0) is 23.8 Å². The Labute approximate surface area is 121 Å². The van der Waals surface area contributed by atoms with Crippen molar-refractivity contribution in [1.82, 2.24) is 5.32 Å². The Kier molecular flexibility index (Phi) is 3.40. The Balaban J connectivity index is 1.76. The second kappa shape index (κ2) is 5.51. The van der Waals surface area contributed by atoms with E-state index < -0.39 is 0 Å². The number of hydrogen-bond donors (Lipinski definition) is 1. The van der Waals surface area contributed by atoms with E-state index >= 15 is 0 Å². The number of fused-ring (bicyclic) bond motifs is 1. The van der Waals surface area contributed by atoms with E-state index in [4.69, 9.17) is 9.68 Å². The summed E-state index contributed by atoms with van der Waals surface area (Å²) in [5.41, 5.74) is 2.67. The highest BCUT2D eigenvalue weighted by Crippen LogP contribution is 2.20. The molecule has 4 nitrogen and oxygen atoms in total. The van der Waals surface area contributed by atoms with Crippen molar-refractivity contribution in [3.63, 3.8) is 0 Å². The van der Waals surface area contributed by atoms with Gasteiger partial charge in [0.25, 0.3) is 5.91 Å². The number of nitriles is 1. The Morgan fingerprint density at radius 1 is 1.19 bits per heavy atom. The van der Waals surface area contributed by atoms with Crippen LogP contribution < -0.4 is 5.32 Å². The van der Waals surface area contributed by atoms with Gasteiger partial charge in [-0.2, -0.15) is 5.26 Å². The first-order chi connectivity index (χ1) is 10.3. The van der Waals surface area contributed by atoms with E-state index in [0.717, 1.165) is 10.9 Å². The Morgan fingerprint density at radius 2 is 2.05 bits per heavy atom. The molecule has 21 heavy (non-hydrogen) atoms. The number of carbonyl (C=O) groups is 1. The number of furan rings is 1. The fourth-order valence-electron chi connectivity index (χ4n) is 2.18. The lowest BCUT2D eigenvalue weighted by atomic mass is 10.1. The van der Waals surface area contributed by atoms with Gasteiger partial charge in [0.2, 0.25) is 0 Å². The van der Waals surface area contributed by atoms with Gasteiger partial charge in [0.15, 0.2) is 0 Å². The minimum absolute atomic E-state index is 0.192. The molecular weight excluding hydrogens is 264 g/mol.